The molecule has 0 saturated carbocycles. The highest BCUT2D eigenvalue weighted by Gasteiger charge is 2.41. The Morgan fingerprint density at radius 2 is 1.88 bits per heavy atom. The second-order valence-corrected chi connectivity index (χ2v) is 5.88. The maximum absolute atomic E-state index is 12.1. The lowest BCUT2D eigenvalue weighted by Crippen LogP contribution is -2.62. The number of carbonyl (C=O) groups excluding carboxylic acids is 1. The van der Waals surface area contributed by atoms with Crippen molar-refractivity contribution in [3.63, 3.8) is 0 Å². The number of rotatable bonds is 1. The quantitative estimate of drug-likeness (QED) is 0.716. The number of hydrogen-bond donors (Lipinski definition) is 0. The van der Waals surface area contributed by atoms with E-state index < -0.39 is 5.54 Å². The van der Waals surface area contributed by atoms with Gasteiger partial charge in [-0.15, -0.1) is 0 Å². The number of carbonyl (C=O) groups is 1. The first kappa shape index (κ1) is 12.5. The number of amides is 1. The number of halogens is 1. The molecule has 5 nitrogen and oxygen atoms in total. The topological polar surface area (TPSA) is 49.3 Å². The predicted molar refractivity (Wildman–Crippen MR) is 73.8 cm³/mol. The van der Waals surface area contributed by atoms with Crippen LogP contribution in [0.2, 0.25) is 0 Å². The summed E-state index contributed by atoms with van der Waals surface area (Å²) in [5.41, 5.74) is -0.584. The fourth-order valence-electron chi connectivity index (χ4n) is 2.01. The van der Waals surface area contributed by atoms with Crippen molar-refractivity contribution >= 4 is 34.4 Å². The van der Waals surface area contributed by atoms with Crippen molar-refractivity contribution in [3.8, 4) is 0 Å². The zero-order valence-electron chi connectivity index (χ0n) is 10.1. The average molecular weight is 346 g/mol. The molecule has 0 aliphatic carbocycles. The molecule has 2 rings (SSSR count). The van der Waals surface area contributed by atoms with E-state index in [1.165, 1.54) is 0 Å². The van der Waals surface area contributed by atoms with Crippen molar-refractivity contribution < 1.29 is 4.79 Å². The molecule has 1 aliphatic rings. The number of piperazine rings is 1. The molecule has 1 aliphatic heterocycles. The summed E-state index contributed by atoms with van der Waals surface area (Å²) in [6.45, 7) is 5.28. The Hall–Kier alpha value is -0.920. The van der Waals surface area contributed by atoms with Crippen LogP contribution in [0.25, 0.3) is 0 Å². The third-order valence-corrected chi connectivity index (χ3v) is 3.61. The lowest BCUT2D eigenvalue weighted by atomic mass is 9.98. The van der Waals surface area contributed by atoms with Crippen LogP contribution in [0.4, 0.5) is 5.95 Å². The Morgan fingerprint density at radius 1 is 1.29 bits per heavy atom. The third kappa shape index (κ3) is 2.22. The van der Waals surface area contributed by atoms with E-state index in [1.54, 1.807) is 17.3 Å². The van der Waals surface area contributed by atoms with Crippen molar-refractivity contribution in [1.82, 2.24) is 14.9 Å². The lowest BCUT2D eigenvalue weighted by Gasteiger charge is -2.44. The standard InChI is InChI=1S/C11H15IN4O/c1-11(2)9(17)15(3)4-5-16(11)10-13-6-8(12)7-14-10/h6-7H,4-5H2,1-3H3. The maximum atomic E-state index is 12.1. The van der Waals surface area contributed by atoms with Crippen LogP contribution in [0.1, 0.15) is 13.8 Å². The van der Waals surface area contributed by atoms with E-state index in [0.29, 0.717) is 12.5 Å². The summed E-state index contributed by atoms with van der Waals surface area (Å²) in [5, 5.41) is 0. The molecule has 1 aromatic heterocycles. The van der Waals surface area contributed by atoms with Crippen LogP contribution < -0.4 is 4.90 Å². The minimum atomic E-state index is -0.584. The molecule has 0 spiro atoms. The van der Waals surface area contributed by atoms with Crippen molar-refractivity contribution in [2.75, 3.05) is 25.0 Å². The average Bonchev–Trinajstić information content (AvgIpc) is 2.28. The minimum Gasteiger partial charge on any atom is -0.342 e. The van der Waals surface area contributed by atoms with E-state index in [1.807, 2.05) is 25.8 Å². The van der Waals surface area contributed by atoms with Gasteiger partial charge in [-0.05, 0) is 36.4 Å². The molecule has 0 radical (unpaired) electrons. The molecule has 17 heavy (non-hydrogen) atoms. The maximum Gasteiger partial charge on any atom is 0.247 e. The third-order valence-electron chi connectivity index (χ3n) is 3.05. The molecule has 0 atom stereocenters. The van der Waals surface area contributed by atoms with Gasteiger partial charge in [0.25, 0.3) is 0 Å². The van der Waals surface area contributed by atoms with Crippen molar-refractivity contribution in [2.24, 2.45) is 0 Å². The molecule has 1 saturated heterocycles. The SMILES string of the molecule is CN1CCN(c2ncc(I)cn2)C(C)(C)C1=O. The van der Waals surface area contributed by atoms with Crippen LogP contribution in [0.3, 0.4) is 0 Å². The van der Waals surface area contributed by atoms with Crippen LogP contribution in [0.15, 0.2) is 12.4 Å². The van der Waals surface area contributed by atoms with Gasteiger partial charge in [-0.3, -0.25) is 4.79 Å². The van der Waals surface area contributed by atoms with Gasteiger partial charge in [0.2, 0.25) is 11.9 Å². The minimum absolute atomic E-state index is 0.103. The highest BCUT2D eigenvalue weighted by molar-refractivity contribution is 14.1. The summed E-state index contributed by atoms with van der Waals surface area (Å²) >= 11 is 2.16. The van der Waals surface area contributed by atoms with Crippen molar-refractivity contribution in [3.05, 3.63) is 16.0 Å². The second kappa shape index (κ2) is 4.40. The van der Waals surface area contributed by atoms with Gasteiger partial charge in [0.15, 0.2) is 0 Å². The molecule has 1 fully saturated rings. The van der Waals surface area contributed by atoms with Gasteiger partial charge in [-0.1, -0.05) is 0 Å². The van der Waals surface area contributed by atoms with Crippen LogP contribution in [-0.2, 0) is 4.79 Å². The van der Waals surface area contributed by atoms with Gasteiger partial charge in [0, 0.05) is 36.1 Å². The summed E-state index contributed by atoms with van der Waals surface area (Å²) in [6.07, 6.45) is 3.53. The molecule has 0 N–H and O–H groups in total. The van der Waals surface area contributed by atoms with Crippen molar-refractivity contribution in [1.29, 1.82) is 0 Å². The summed E-state index contributed by atoms with van der Waals surface area (Å²) in [4.78, 5) is 24.4. The van der Waals surface area contributed by atoms with E-state index in [9.17, 15) is 4.79 Å². The first-order valence-electron chi connectivity index (χ1n) is 5.43. The molecule has 92 valence electrons. The van der Waals surface area contributed by atoms with E-state index >= 15 is 0 Å². The number of nitrogens with zero attached hydrogens (tertiary/aromatic N) is 4. The molecule has 0 aromatic carbocycles. The van der Waals surface area contributed by atoms with E-state index in [4.69, 9.17) is 0 Å². The van der Waals surface area contributed by atoms with Gasteiger partial charge in [0.05, 0.1) is 0 Å². The number of anilines is 1. The molecule has 0 unspecified atom stereocenters. The monoisotopic (exact) mass is 346 g/mol. The van der Waals surface area contributed by atoms with Gasteiger partial charge < -0.3 is 9.80 Å². The Labute approximate surface area is 114 Å². The van der Waals surface area contributed by atoms with Gasteiger partial charge in [0.1, 0.15) is 5.54 Å². The molecule has 1 amide bonds. The number of likely N-dealkylation sites (N-methyl/N-ethyl adjacent to an activating group) is 1. The molecule has 1 aromatic rings. The highest BCUT2D eigenvalue weighted by Crippen LogP contribution is 2.25. The van der Waals surface area contributed by atoms with Crippen LogP contribution in [0, 0.1) is 3.57 Å². The van der Waals surface area contributed by atoms with Crippen LogP contribution in [-0.4, -0.2) is 46.5 Å². The van der Waals surface area contributed by atoms with Crippen molar-refractivity contribution in [2.45, 2.75) is 19.4 Å². The molecule has 0 bridgehead atoms. The highest BCUT2D eigenvalue weighted by atomic mass is 127. The normalized spacial score (nSPS) is 19.6. The fraction of sp³-hybridized carbons (Fsp3) is 0.545. The Balaban J connectivity index is 2.32. The second-order valence-electron chi connectivity index (χ2n) is 4.64. The molecular weight excluding hydrogens is 331 g/mol. The predicted octanol–water partition coefficient (Wildman–Crippen LogP) is 1.14. The summed E-state index contributed by atoms with van der Waals surface area (Å²) < 4.78 is 0.990. The summed E-state index contributed by atoms with van der Waals surface area (Å²) in [5.74, 6) is 0.725. The van der Waals surface area contributed by atoms with Gasteiger partial charge in [-0.2, -0.15) is 0 Å². The summed E-state index contributed by atoms with van der Waals surface area (Å²) in [6, 6.07) is 0. The number of aromatic nitrogens is 2. The molecular formula is C11H15IN4O. The Kier molecular flexibility index (Phi) is 3.24. The fourth-order valence-corrected chi connectivity index (χ4v) is 2.29. The smallest absolute Gasteiger partial charge is 0.247 e. The Morgan fingerprint density at radius 3 is 2.47 bits per heavy atom. The zero-order valence-corrected chi connectivity index (χ0v) is 12.3. The Bertz CT molecular complexity index is 432. The lowest BCUT2D eigenvalue weighted by molar-refractivity contribution is -0.136. The summed E-state index contributed by atoms with van der Waals surface area (Å²) in [7, 11) is 1.83. The van der Waals surface area contributed by atoms with Gasteiger partial charge in [-0.25, -0.2) is 9.97 Å². The van der Waals surface area contributed by atoms with E-state index in [0.717, 1.165) is 10.1 Å². The number of hydrogen-bond acceptors (Lipinski definition) is 4. The first-order chi connectivity index (χ1) is 7.93. The largest absolute Gasteiger partial charge is 0.342 e. The van der Waals surface area contributed by atoms with E-state index in [-0.39, 0.29) is 5.91 Å². The first-order valence-corrected chi connectivity index (χ1v) is 6.51. The molecule has 6 heteroatoms. The van der Waals surface area contributed by atoms with Crippen LogP contribution >= 0.6 is 22.6 Å². The van der Waals surface area contributed by atoms with Gasteiger partial charge >= 0.3 is 0 Å². The molecule has 2 heterocycles. The van der Waals surface area contributed by atoms with Crippen LogP contribution in [0.5, 0.6) is 0 Å². The van der Waals surface area contributed by atoms with E-state index in [2.05, 4.69) is 32.6 Å². The zero-order chi connectivity index (χ0) is 12.6.